The molecule has 0 aliphatic carbocycles. The molecule has 3 heteroatoms. The van der Waals surface area contributed by atoms with E-state index in [1.54, 1.807) is 0 Å². The Hall–Kier alpha value is -0.570. The molecule has 0 aromatic heterocycles. The zero-order chi connectivity index (χ0) is 12.2. The zero-order valence-electron chi connectivity index (χ0n) is 10.8. The number of carbonyl (C=O) groups is 1. The molecule has 1 unspecified atom stereocenters. The highest BCUT2D eigenvalue weighted by atomic mass is 16.5. The summed E-state index contributed by atoms with van der Waals surface area (Å²) in [4.78, 5) is 11.6. The van der Waals surface area contributed by atoms with Gasteiger partial charge in [0.1, 0.15) is 6.04 Å². The zero-order valence-corrected chi connectivity index (χ0v) is 10.8. The van der Waals surface area contributed by atoms with Crippen LogP contribution >= 0.6 is 0 Å². The van der Waals surface area contributed by atoms with E-state index in [0.717, 1.165) is 6.42 Å². The Morgan fingerprint density at radius 1 is 1.27 bits per heavy atom. The first-order valence-corrected chi connectivity index (χ1v) is 5.60. The van der Waals surface area contributed by atoms with Gasteiger partial charge in [-0.15, -0.1) is 0 Å². The number of hydrogen-bond acceptors (Lipinski definition) is 3. The molecule has 0 bridgehead atoms. The summed E-state index contributed by atoms with van der Waals surface area (Å²) >= 11 is 0. The van der Waals surface area contributed by atoms with Crippen molar-refractivity contribution in [2.45, 2.75) is 60.1 Å². The molecule has 2 atom stereocenters. The molecule has 0 fully saturated rings. The van der Waals surface area contributed by atoms with Crippen molar-refractivity contribution in [3.8, 4) is 0 Å². The molecule has 0 aromatic rings. The van der Waals surface area contributed by atoms with Crippen molar-refractivity contribution in [3.63, 3.8) is 0 Å². The molecule has 0 aliphatic rings. The average Bonchev–Trinajstić information content (AvgIpc) is 1.99. The van der Waals surface area contributed by atoms with Gasteiger partial charge < -0.3 is 10.5 Å². The molecule has 0 rings (SSSR count). The molecule has 0 aliphatic heterocycles. The number of nitrogens with two attached hydrogens (primary N) is 1. The van der Waals surface area contributed by atoms with Crippen LogP contribution in [0.25, 0.3) is 0 Å². The van der Waals surface area contributed by atoms with Crippen molar-refractivity contribution in [1.82, 2.24) is 0 Å². The van der Waals surface area contributed by atoms with Gasteiger partial charge in [0.15, 0.2) is 0 Å². The summed E-state index contributed by atoms with van der Waals surface area (Å²) in [6, 6.07) is -0.549. The first kappa shape index (κ1) is 14.4. The Balaban J connectivity index is 4.14. The normalized spacial score (nSPS) is 16.3. The van der Waals surface area contributed by atoms with E-state index in [1.165, 1.54) is 0 Å². The van der Waals surface area contributed by atoms with E-state index in [0.29, 0.717) is 5.92 Å². The molecule has 0 saturated heterocycles. The summed E-state index contributed by atoms with van der Waals surface area (Å²) in [7, 11) is 0. The second-order valence-electron chi connectivity index (χ2n) is 5.72. The van der Waals surface area contributed by atoms with Crippen molar-refractivity contribution in [3.05, 3.63) is 0 Å². The average molecular weight is 215 g/mol. The number of hydrogen-bond donors (Lipinski definition) is 1. The maximum atomic E-state index is 11.6. The predicted octanol–water partition coefficient (Wildman–Crippen LogP) is 2.34. The molecular weight excluding hydrogens is 190 g/mol. The molecular formula is C12H25NO2. The molecule has 3 nitrogen and oxygen atoms in total. The minimum atomic E-state index is -0.549. The smallest absolute Gasteiger partial charge is 0.323 e. The van der Waals surface area contributed by atoms with Gasteiger partial charge in [0.25, 0.3) is 0 Å². The van der Waals surface area contributed by atoms with Crippen LogP contribution in [-0.2, 0) is 9.53 Å². The van der Waals surface area contributed by atoms with Crippen LogP contribution in [0.3, 0.4) is 0 Å². The van der Waals surface area contributed by atoms with E-state index in [1.807, 2.05) is 27.7 Å². The predicted molar refractivity (Wildman–Crippen MR) is 62.4 cm³/mol. The monoisotopic (exact) mass is 215 g/mol. The van der Waals surface area contributed by atoms with E-state index in [4.69, 9.17) is 10.5 Å². The summed E-state index contributed by atoms with van der Waals surface area (Å²) < 4.78 is 5.29. The fraction of sp³-hybridized carbons (Fsp3) is 0.917. The van der Waals surface area contributed by atoms with Crippen molar-refractivity contribution in [2.75, 3.05) is 0 Å². The Labute approximate surface area is 93.4 Å². The standard InChI is InChI=1S/C12H25NO2/c1-8(2)7-9(3)15-11(14)10(13)12(4,5)6/h8-10H,7,13H2,1-6H3/t9?,10-/m0/s1. The lowest BCUT2D eigenvalue weighted by molar-refractivity contribution is -0.153. The van der Waals surface area contributed by atoms with Gasteiger partial charge in [-0.1, -0.05) is 34.6 Å². The molecule has 15 heavy (non-hydrogen) atoms. The van der Waals surface area contributed by atoms with Crippen molar-refractivity contribution >= 4 is 5.97 Å². The van der Waals surface area contributed by atoms with Crippen molar-refractivity contribution < 1.29 is 9.53 Å². The molecule has 2 N–H and O–H groups in total. The van der Waals surface area contributed by atoms with Crippen LogP contribution in [0.2, 0.25) is 0 Å². The third-order valence-corrected chi connectivity index (χ3v) is 2.31. The van der Waals surface area contributed by atoms with Gasteiger partial charge in [-0.25, -0.2) is 0 Å². The lowest BCUT2D eigenvalue weighted by Crippen LogP contribution is -2.44. The van der Waals surface area contributed by atoms with Crippen LogP contribution in [0.4, 0.5) is 0 Å². The molecule has 90 valence electrons. The van der Waals surface area contributed by atoms with Gasteiger partial charge in [0, 0.05) is 0 Å². The minimum absolute atomic E-state index is 0.0501. The Morgan fingerprint density at radius 2 is 1.73 bits per heavy atom. The summed E-state index contributed by atoms with van der Waals surface area (Å²) in [5, 5.41) is 0. The van der Waals surface area contributed by atoms with Gasteiger partial charge >= 0.3 is 5.97 Å². The molecule has 0 radical (unpaired) electrons. The maximum Gasteiger partial charge on any atom is 0.323 e. The van der Waals surface area contributed by atoms with Crippen LogP contribution in [0.5, 0.6) is 0 Å². The Kier molecular flexibility index (Phi) is 5.29. The van der Waals surface area contributed by atoms with Crippen LogP contribution in [0, 0.1) is 11.3 Å². The van der Waals surface area contributed by atoms with E-state index in [-0.39, 0.29) is 17.5 Å². The maximum absolute atomic E-state index is 11.6. The van der Waals surface area contributed by atoms with E-state index in [2.05, 4.69) is 13.8 Å². The molecule has 0 heterocycles. The number of rotatable bonds is 4. The summed E-state index contributed by atoms with van der Waals surface area (Å²) in [5.41, 5.74) is 5.56. The van der Waals surface area contributed by atoms with Crippen LogP contribution in [0.1, 0.15) is 48.0 Å². The molecule has 0 aromatic carbocycles. The summed E-state index contributed by atoms with van der Waals surface area (Å²) in [5.74, 6) is 0.231. The second-order valence-corrected chi connectivity index (χ2v) is 5.72. The highest BCUT2D eigenvalue weighted by molar-refractivity contribution is 5.76. The largest absolute Gasteiger partial charge is 0.461 e. The third-order valence-electron chi connectivity index (χ3n) is 2.31. The van der Waals surface area contributed by atoms with Crippen molar-refractivity contribution in [2.24, 2.45) is 17.1 Å². The van der Waals surface area contributed by atoms with Gasteiger partial charge in [-0.3, -0.25) is 4.79 Å². The van der Waals surface area contributed by atoms with Gasteiger partial charge in [-0.05, 0) is 24.7 Å². The Bertz CT molecular complexity index is 206. The second kappa shape index (κ2) is 5.50. The van der Waals surface area contributed by atoms with Crippen LogP contribution in [0.15, 0.2) is 0 Å². The molecule has 0 saturated carbocycles. The number of carbonyl (C=O) groups excluding carboxylic acids is 1. The van der Waals surface area contributed by atoms with E-state index in [9.17, 15) is 4.79 Å². The lowest BCUT2D eigenvalue weighted by Gasteiger charge is -2.26. The third kappa shape index (κ3) is 5.78. The minimum Gasteiger partial charge on any atom is -0.461 e. The highest BCUT2D eigenvalue weighted by Crippen LogP contribution is 2.19. The van der Waals surface area contributed by atoms with Crippen molar-refractivity contribution in [1.29, 1.82) is 0 Å². The fourth-order valence-corrected chi connectivity index (χ4v) is 1.34. The Morgan fingerprint density at radius 3 is 2.07 bits per heavy atom. The SMILES string of the molecule is CC(C)CC(C)OC(=O)[C@H](N)C(C)(C)C. The fourth-order valence-electron chi connectivity index (χ4n) is 1.34. The number of ether oxygens (including phenoxy) is 1. The summed E-state index contributed by atoms with van der Waals surface area (Å²) in [6.07, 6.45) is 0.827. The van der Waals surface area contributed by atoms with Gasteiger partial charge in [0.2, 0.25) is 0 Å². The van der Waals surface area contributed by atoms with Gasteiger partial charge in [-0.2, -0.15) is 0 Å². The van der Waals surface area contributed by atoms with Crippen LogP contribution in [-0.4, -0.2) is 18.1 Å². The van der Waals surface area contributed by atoms with Gasteiger partial charge in [0.05, 0.1) is 6.10 Å². The van der Waals surface area contributed by atoms with Crippen LogP contribution < -0.4 is 5.73 Å². The summed E-state index contributed by atoms with van der Waals surface area (Å²) in [6.45, 7) is 11.9. The highest BCUT2D eigenvalue weighted by Gasteiger charge is 2.29. The molecule has 0 spiro atoms. The van der Waals surface area contributed by atoms with E-state index >= 15 is 0 Å². The molecule has 0 amide bonds. The first-order chi connectivity index (χ1) is 6.64. The first-order valence-electron chi connectivity index (χ1n) is 5.60. The topological polar surface area (TPSA) is 52.3 Å². The quantitative estimate of drug-likeness (QED) is 0.732. The number of esters is 1. The van der Waals surface area contributed by atoms with E-state index < -0.39 is 6.04 Å². The lowest BCUT2D eigenvalue weighted by atomic mass is 9.87.